The molecule has 2 N–H and O–H groups in total. The standard InChI is InChI=1S/C19H20N6O3/c26-19(20-14-6-2-1-3-7-14)21-15-9-12-23(13-10-15)17-18(25(27)28)24-11-5-4-8-16(24)22-17/h1-8,11,15H,9-10,12-13H2,(H2,20,21,26). The summed E-state index contributed by atoms with van der Waals surface area (Å²) < 4.78 is 1.49. The third-order valence-corrected chi connectivity index (χ3v) is 4.82. The van der Waals surface area contributed by atoms with Crippen molar-refractivity contribution in [2.75, 3.05) is 23.3 Å². The first-order valence-electron chi connectivity index (χ1n) is 9.11. The normalized spacial score (nSPS) is 14.8. The highest BCUT2D eigenvalue weighted by molar-refractivity contribution is 5.89. The van der Waals surface area contributed by atoms with Crippen LogP contribution >= 0.6 is 0 Å². The first-order valence-corrected chi connectivity index (χ1v) is 9.11. The lowest BCUT2D eigenvalue weighted by atomic mass is 10.1. The molecule has 1 saturated heterocycles. The summed E-state index contributed by atoms with van der Waals surface area (Å²) in [5, 5.41) is 17.3. The summed E-state index contributed by atoms with van der Waals surface area (Å²) >= 11 is 0. The zero-order chi connectivity index (χ0) is 19.5. The lowest BCUT2D eigenvalue weighted by Crippen LogP contribution is -2.46. The number of hydrogen-bond donors (Lipinski definition) is 2. The minimum atomic E-state index is -0.396. The van der Waals surface area contributed by atoms with Crippen molar-refractivity contribution in [1.82, 2.24) is 14.7 Å². The molecule has 0 unspecified atom stereocenters. The molecule has 0 radical (unpaired) electrons. The van der Waals surface area contributed by atoms with Crippen molar-refractivity contribution in [3.05, 3.63) is 64.8 Å². The Kier molecular flexibility index (Phi) is 4.79. The van der Waals surface area contributed by atoms with Gasteiger partial charge in [0.1, 0.15) is 0 Å². The zero-order valence-electron chi connectivity index (χ0n) is 15.1. The summed E-state index contributed by atoms with van der Waals surface area (Å²) in [4.78, 5) is 29.7. The van der Waals surface area contributed by atoms with E-state index in [1.165, 1.54) is 4.40 Å². The minimum absolute atomic E-state index is 0.0102. The molecule has 1 aromatic carbocycles. The number of pyridine rings is 1. The number of para-hydroxylation sites is 1. The third kappa shape index (κ3) is 3.59. The number of anilines is 2. The Balaban J connectivity index is 1.40. The van der Waals surface area contributed by atoms with Crippen molar-refractivity contribution in [2.45, 2.75) is 18.9 Å². The molecule has 1 aliphatic rings. The molecule has 2 aromatic heterocycles. The fourth-order valence-electron chi connectivity index (χ4n) is 3.46. The SMILES string of the molecule is O=C(Nc1ccccc1)NC1CCN(c2nc3ccccn3c2[N+](=O)[O-])CC1. The number of carbonyl (C=O) groups excluding carboxylic acids is 1. The van der Waals surface area contributed by atoms with Gasteiger partial charge < -0.3 is 25.6 Å². The molecular formula is C19H20N6O3. The second kappa shape index (κ2) is 7.55. The maximum Gasteiger partial charge on any atom is 0.372 e. The Labute approximate surface area is 161 Å². The van der Waals surface area contributed by atoms with Crippen molar-refractivity contribution in [3.8, 4) is 0 Å². The number of piperidine rings is 1. The van der Waals surface area contributed by atoms with E-state index in [1.54, 1.807) is 24.4 Å². The van der Waals surface area contributed by atoms with Crippen LogP contribution in [-0.4, -0.2) is 39.5 Å². The number of imidazole rings is 1. The van der Waals surface area contributed by atoms with Gasteiger partial charge in [-0.3, -0.25) is 0 Å². The van der Waals surface area contributed by atoms with E-state index >= 15 is 0 Å². The molecule has 28 heavy (non-hydrogen) atoms. The van der Waals surface area contributed by atoms with Crippen LogP contribution in [0.25, 0.3) is 5.65 Å². The predicted octanol–water partition coefficient (Wildman–Crippen LogP) is 3.03. The Hall–Kier alpha value is -3.62. The average Bonchev–Trinajstić information content (AvgIpc) is 3.09. The number of benzene rings is 1. The number of nitrogens with one attached hydrogen (secondary N) is 2. The maximum atomic E-state index is 12.2. The number of nitro groups is 1. The molecule has 0 saturated carbocycles. The van der Waals surface area contributed by atoms with E-state index < -0.39 is 4.92 Å². The molecule has 0 spiro atoms. The van der Waals surface area contributed by atoms with E-state index in [0.29, 0.717) is 37.4 Å². The van der Waals surface area contributed by atoms with Gasteiger partial charge in [0.15, 0.2) is 0 Å². The van der Waals surface area contributed by atoms with Crippen LogP contribution in [0.3, 0.4) is 0 Å². The number of aromatic nitrogens is 2. The molecule has 0 aliphatic carbocycles. The highest BCUT2D eigenvalue weighted by Crippen LogP contribution is 2.30. The van der Waals surface area contributed by atoms with Crippen molar-refractivity contribution >= 4 is 29.0 Å². The Morgan fingerprint density at radius 1 is 1.11 bits per heavy atom. The first kappa shape index (κ1) is 17.8. The maximum absolute atomic E-state index is 12.2. The van der Waals surface area contributed by atoms with E-state index in [0.717, 1.165) is 5.69 Å². The first-order chi connectivity index (χ1) is 13.6. The number of carbonyl (C=O) groups is 1. The molecular weight excluding hydrogens is 360 g/mol. The minimum Gasteiger partial charge on any atom is -0.358 e. The number of fused-ring (bicyclic) bond motifs is 1. The zero-order valence-corrected chi connectivity index (χ0v) is 15.1. The highest BCUT2D eigenvalue weighted by atomic mass is 16.6. The lowest BCUT2D eigenvalue weighted by Gasteiger charge is -2.32. The molecule has 1 fully saturated rings. The van der Waals surface area contributed by atoms with Gasteiger partial charge in [0.25, 0.3) is 0 Å². The van der Waals surface area contributed by atoms with E-state index in [-0.39, 0.29) is 17.9 Å². The number of nitrogens with zero attached hydrogens (tertiary/aromatic N) is 4. The summed E-state index contributed by atoms with van der Waals surface area (Å²) in [6, 6.07) is 14.3. The summed E-state index contributed by atoms with van der Waals surface area (Å²) in [5.74, 6) is 0.354. The quantitative estimate of drug-likeness (QED) is 0.535. The lowest BCUT2D eigenvalue weighted by molar-refractivity contribution is -0.389. The van der Waals surface area contributed by atoms with Crippen molar-refractivity contribution in [2.24, 2.45) is 0 Å². The van der Waals surface area contributed by atoms with E-state index in [1.807, 2.05) is 35.2 Å². The Morgan fingerprint density at radius 3 is 2.54 bits per heavy atom. The number of amides is 2. The van der Waals surface area contributed by atoms with Crippen molar-refractivity contribution in [1.29, 1.82) is 0 Å². The third-order valence-electron chi connectivity index (χ3n) is 4.82. The monoisotopic (exact) mass is 380 g/mol. The molecule has 9 heteroatoms. The number of rotatable bonds is 4. The molecule has 1 aliphatic heterocycles. The highest BCUT2D eigenvalue weighted by Gasteiger charge is 2.30. The van der Waals surface area contributed by atoms with Gasteiger partial charge >= 0.3 is 11.8 Å². The van der Waals surface area contributed by atoms with Crippen LogP contribution in [0.2, 0.25) is 0 Å². The summed E-state index contributed by atoms with van der Waals surface area (Å²) in [7, 11) is 0. The van der Waals surface area contributed by atoms with Gasteiger partial charge in [-0.2, -0.15) is 9.38 Å². The van der Waals surface area contributed by atoms with Crippen LogP contribution in [0, 0.1) is 10.1 Å². The Bertz CT molecular complexity index is 995. The van der Waals surface area contributed by atoms with Crippen LogP contribution in [0.1, 0.15) is 12.8 Å². The molecule has 4 rings (SSSR count). The largest absolute Gasteiger partial charge is 0.372 e. The van der Waals surface area contributed by atoms with Gasteiger partial charge in [0.05, 0.1) is 6.20 Å². The van der Waals surface area contributed by atoms with Gasteiger partial charge in [-0.05, 0) is 36.0 Å². The van der Waals surface area contributed by atoms with Gasteiger partial charge in [0, 0.05) is 30.9 Å². The topological polar surface area (TPSA) is 105 Å². The fourth-order valence-corrected chi connectivity index (χ4v) is 3.46. The van der Waals surface area contributed by atoms with Crippen LogP contribution in [0.15, 0.2) is 54.7 Å². The molecule has 144 valence electrons. The number of hydrogen-bond acceptors (Lipinski definition) is 5. The fraction of sp³-hybridized carbons (Fsp3) is 0.263. The van der Waals surface area contributed by atoms with Crippen molar-refractivity contribution in [3.63, 3.8) is 0 Å². The van der Waals surface area contributed by atoms with Crippen LogP contribution < -0.4 is 15.5 Å². The Morgan fingerprint density at radius 2 is 1.82 bits per heavy atom. The second-order valence-electron chi connectivity index (χ2n) is 6.67. The van der Waals surface area contributed by atoms with Gasteiger partial charge in [-0.15, -0.1) is 0 Å². The van der Waals surface area contributed by atoms with Crippen LogP contribution in [0.5, 0.6) is 0 Å². The summed E-state index contributed by atoms with van der Waals surface area (Å²) in [6.45, 7) is 1.17. The average molecular weight is 380 g/mol. The molecule has 9 nitrogen and oxygen atoms in total. The van der Waals surface area contributed by atoms with Crippen LogP contribution in [-0.2, 0) is 0 Å². The molecule has 3 aromatic rings. The van der Waals surface area contributed by atoms with Gasteiger partial charge in [-0.25, -0.2) is 4.79 Å². The second-order valence-corrected chi connectivity index (χ2v) is 6.67. The van der Waals surface area contributed by atoms with Crippen molar-refractivity contribution < 1.29 is 9.72 Å². The van der Waals surface area contributed by atoms with E-state index in [4.69, 9.17) is 0 Å². The van der Waals surface area contributed by atoms with E-state index in [2.05, 4.69) is 15.6 Å². The number of urea groups is 1. The van der Waals surface area contributed by atoms with Crippen LogP contribution in [0.4, 0.5) is 22.1 Å². The molecule has 0 bridgehead atoms. The molecule has 0 atom stereocenters. The molecule has 3 heterocycles. The molecule has 2 amide bonds. The summed E-state index contributed by atoms with van der Waals surface area (Å²) in [6.07, 6.45) is 3.02. The smallest absolute Gasteiger partial charge is 0.358 e. The van der Waals surface area contributed by atoms with Gasteiger partial charge in [-0.1, -0.05) is 24.3 Å². The van der Waals surface area contributed by atoms with Gasteiger partial charge in [0.2, 0.25) is 11.5 Å². The predicted molar refractivity (Wildman–Crippen MR) is 106 cm³/mol. The summed E-state index contributed by atoms with van der Waals surface area (Å²) in [5.41, 5.74) is 1.28. The van der Waals surface area contributed by atoms with E-state index in [9.17, 15) is 14.9 Å².